The zero-order valence-electron chi connectivity index (χ0n) is 11.2. The van der Waals surface area contributed by atoms with E-state index >= 15 is 0 Å². The smallest absolute Gasteiger partial charge is 0.292 e. The van der Waals surface area contributed by atoms with Gasteiger partial charge in [-0.25, -0.2) is 0 Å². The van der Waals surface area contributed by atoms with Gasteiger partial charge in [-0.3, -0.25) is 9.78 Å². The van der Waals surface area contributed by atoms with Gasteiger partial charge in [0, 0.05) is 37.9 Å². The molecule has 0 saturated carbocycles. The molecule has 6 nitrogen and oxygen atoms in total. The quantitative estimate of drug-likeness (QED) is 0.888. The topological polar surface area (TPSA) is 71.3 Å². The molecule has 0 spiro atoms. The summed E-state index contributed by atoms with van der Waals surface area (Å²) in [5, 5.41) is 7.18. The molecule has 0 unspecified atom stereocenters. The minimum absolute atomic E-state index is 0.117. The Balaban J connectivity index is 1.81. The molecule has 1 N–H and O–H groups in total. The van der Waals surface area contributed by atoms with E-state index in [4.69, 9.17) is 4.52 Å². The maximum atomic E-state index is 12.4. The first-order valence-corrected chi connectivity index (χ1v) is 6.65. The molecule has 0 aliphatic carbocycles. The second-order valence-corrected chi connectivity index (χ2v) is 4.84. The molecule has 0 aromatic carbocycles. The lowest BCUT2D eigenvalue weighted by molar-refractivity contribution is 0.0613. The lowest BCUT2D eigenvalue weighted by Crippen LogP contribution is -2.52. The molecule has 2 aromatic heterocycles. The first-order valence-electron chi connectivity index (χ1n) is 6.65. The summed E-state index contributed by atoms with van der Waals surface area (Å²) in [6, 6.07) is 7.34. The van der Waals surface area contributed by atoms with E-state index in [2.05, 4.69) is 15.5 Å². The molecular weight excluding hydrogens is 256 g/mol. The summed E-state index contributed by atoms with van der Waals surface area (Å²) in [6.45, 7) is 4.30. The highest BCUT2D eigenvalue weighted by atomic mass is 16.5. The molecular formula is C14H16N4O2. The fraction of sp³-hybridized carbons (Fsp3) is 0.357. The van der Waals surface area contributed by atoms with Gasteiger partial charge < -0.3 is 14.7 Å². The standard InChI is InChI=1S/C14H16N4O2/c1-10-9-15-6-7-18(10)14(19)13-8-12(17-20-13)11-4-2-3-5-16-11/h2-5,8,10,15H,6-7,9H2,1H3/t10-/m0/s1. The molecule has 1 saturated heterocycles. The maximum Gasteiger partial charge on any atom is 0.292 e. The fourth-order valence-corrected chi connectivity index (χ4v) is 2.30. The molecule has 0 radical (unpaired) electrons. The second-order valence-electron chi connectivity index (χ2n) is 4.84. The van der Waals surface area contributed by atoms with Gasteiger partial charge in [-0.1, -0.05) is 11.2 Å². The Kier molecular flexibility index (Phi) is 3.47. The lowest BCUT2D eigenvalue weighted by atomic mass is 10.2. The lowest BCUT2D eigenvalue weighted by Gasteiger charge is -2.33. The predicted octanol–water partition coefficient (Wildman–Crippen LogP) is 1.17. The van der Waals surface area contributed by atoms with Gasteiger partial charge in [0.25, 0.3) is 5.91 Å². The number of hydrogen-bond donors (Lipinski definition) is 1. The summed E-state index contributed by atoms with van der Waals surface area (Å²) < 4.78 is 5.18. The van der Waals surface area contributed by atoms with Crippen molar-refractivity contribution in [2.24, 2.45) is 0 Å². The zero-order valence-corrected chi connectivity index (χ0v) is 11.2. The molecule has 1 amide bonds. The average Bonchev–Trinajstić information content (AvgIpc) is 2.98. The summed E-state index contributed by atoms with van der Waals surface area (Å²) in [4.78, 5) is 18.4. The highest BCUT2D eigenvalue weighted by molar-refractivity contribution is 5.92. The number of aromatic nitrogens is 2. The van der Waals surface area contributed by atoms with Crippen LogP contribution >= 0.6 is 0 Å². The summed E-state index contributed by atoms with van der Waals surface area (Å²) in [5.74, 6) is 0.146. The van der Waals surface area contributed by atoms with Crippen molar-refractivity contribution in [3.05, 3.63) is 36.2 Å². The minimum Gasteiger partial charge on any atom is -0.350 e. The average molecular weight is 272 g/mol. The van der Waals surface area contributed by atoms with Gasteiger partial charge >= 0.3 is 0 Å². The van der Waals surface area contributed by atoms with Crippen molar-refractivity contribution in [2.45, 2.75) is 13.0 Å². The van der Waals surface area contributed by atoms with Crippen molar-refractivity contribution in [2.75, 3.05) is 19.6 Å². The van der Waals surface area contributed by atoms with E-state index < -0.39 is 0 Å². The predicted molar refractivity (Wildman–Crippen MR) is 73.1 cm³/mol. The molecule has 1 aliphatic rings. The van der Waals surface area contributed by atoms with Crippen molar-refractivity contribution in [3.63, 3.8) is 0 Å². The Bertz CT molecular complexity index is 596. The van der Waals surface area contributed by atoms with Crippen molar-refractivity contribution in [1.29, 1.82) is 0 Å². The number of amides is 1. The van der Waals surface area contributed by atoms with Gasteiger partial charge in [0.1, 0.15) is 5.69 Å². The summed E-state index contributed by atoms with van der Waals surface area (Å²) in [5.41, 5.74) is 1.28. The Hall–Kier alpha value is -2.21. The van der Waals surface area contributed by atoms with E-state index in [9.17, 15) is 4.79 Å². The molecule has 6 heteroatoms. The van der Waals surface area contributed by atoms with Crippen LogP contribution in [0.3, 0.4) is 0 Å². The van der Waals surface area contributed by atoms with E-state index in [1.807, 2.05) is 25.1 Å². The molecule has 1 atom stereocenters. The number of carbonyl (C=O) groups excluding carboxylic acids is 1. The zero-order chi connectivity index (χ0) is 13.9. The molecule has 104 valence electrons. The Labute approximate surface area is 116 Å². The monoisotopic (exact) mass is 272 g/mol. The molecule has 3 heterocycles. The van der Waals surface area contributed by atoms with Gasteiger partial charge in [0.15, 0.2) is 0 Å². The summed E-state index contributed by atoms with van der Waals surface area (Å²) in [6.07, 6.45) is 1.68. The molecule has 3 rings (SSSR count). The maximum absolute atomic E-state index is 12.4. The molecule has 1 aliphatic heterocycles. The third-order valence-corrected chi connectivity index (χ3v) is 3.41. The SMILES string of the molecule is C[C@H]1CNCCN1C(=O)c1cc(-c2ccccn2)no1. The Morgan fingerprint density at radius 1 is 1.45 bits per heavy atom. The van der Waals surface area contributed by atoms with E-state index in [0.29, 0.717) is 17.9 Å². The summed E-state index contributed by atoms with van der Waals surface area (Å²) in [7, 11) is 0. The highest BCUT2D eigenvalue weighted by Gasteiger charge is 2.27. The number of nitrogens with zero attached hydrogens (tertiary/aromatic N) is 3. The molecule has 2 aromatic rings. The van der Waals surface area contributed by atoms with Crippen molar-refractivity contribution in [3.8, 4) is 11.4 Å². The third kappa shape index (κ3) is 2.42. The van der Waals surface area contributed by atoms with Crippen LogP contribution in [0, 0.1) is 0 Å². The van der Waals surface area contributed by atoms with Crippen LogP contribution in [0.1, 0.15) is 17.5 Å². The number of carbonyl (C=O) groups is 1. The van der Waals surface area contributed by atoms with Crippen LogP contribution in [0.2, 0.25) is 0 Å². The Morgan fingerprint density at radius 3 is 3.10 bits per heavy atom. The number of pyridine rings is 1. The Morgan fingerprint density at radius 2 is 2.35 bits per heavy atom. The normalized spacial score (nSPS) is 19.1. The van der Waals surface area contributed by atoms with Crippen LogP contribution in [0.25, 0.3) is 11.4 Å². The van der Waals surface area contributed by atoms with Crippen molar-refractivity contribution >= 4 is 5.91 Å². The van der Waals surface area contributed by atoms with E-state index in [1.54, 1.807) is 17.2 Å². The third-order valence-electron chi connectivity index (χ3n) is 3.41. The highest BCUT2D eigenvalue weighted by Crippen LogP contribution is 2.18. The largest absolute Gasteiger partial charge is 0.350 e. The van der Waals surface area contributed by atoms with Crippen LogP contribution in [-0.4, -0.2) is 46.6 Å². The van der Waals surface area contributed by atoms with Crippen LogP contribution in [0.4, 0.5) is 0 Å². The number of rotatable bonds is 2. The number of piperazine rings is 1. The van der Waals surface area contributed by atoms with Crippen LogP contribution in [0.15, 0.2) is 35.0 Å². The molecule has 0 bridgehead atoms. The second kappa shape index (κ2) is 5.42. The van der Waals surface area contributed by atoms with Crippen molar-refractivity contribution < 1.29 is 9.32 Å². The van der Waals surface area contributed by atoms with E-state index in [1.165, 1.54) is 0 Å². The molecule has 20 heavy (non-hydrogen) atoms. The van der Waals surface area contributed by atoms with Gasteiger partial charge in [0.2, 0.25) is 5.76 Å². The van der Waals surface area contributed by atoms with Gasteiger partial charge in [-0.2, -0.15) is 0 Å². The van der Waals surface area contributed by atoms with Gasteiger partial charge in [0.05, 0.1) is 5.69 Å². The number of hydrogen-bond acceptors (Lipinski definition) is 5. The fourth-order valence-electron chi connectivity index (χ4n) is 2.30. The number of nitrogens with one attached hydrogen (secondary N) is 1. The van der Waals surface area contributed by atoms with E-state index in [-0.39, 0.29) is 17.7 Å². The first kappa shape index (κ1) is 12.8. The van der Waals surface area contributed by atoms with Crippen LogP contribution in [0.5, 0.6) is 0 Å². The van der Waals surface area contributed by atoms with E-state index in [0.717, 1.165) is 13.1 Å². The van der Waals surface area contributed by atoms with Gasteiger partial charge in [-0.15, -0.1) is 0 Å². The minimum atomic E-state index is -0.117. The van der Waals surface area contributed by atoms with Crippen LogP contribution in [-0.2, 0) is 0 Å². The van der Waals surface area contributed by atoms with Gasteiger partial charge in [-0.05, 0) is 19.1 Å². The van der Waals surface area contributed by atoms with Crippen molar-refractivity contribution in [1.82, 2.24) is 20.4 Å². The first-order chi connectivity index (χ1) is 9.75. The van der Waals surface area contributed by atoms with Crippen LogP contribution < -0.4 is 5.32 Å². The molecule has 1 fully saturated rings. The summed E-state index contributed by atoms with van der Waals surface area (Å²) >= 11 is 0.